The molecule has 1 unspecified atom stereocenters. The zero-order valence-corrected chi connectivity index (χ0v) is 17.9. The van der Waals surface area contributed by atoms with E-state index in [0.29, 0.717) is 36.4 Å². The van der Waals surface area contributed by atoms with Gasteiger partial charge in [0.15, 0.2) is 5.82 Å². The zero-order valence-electron chi connectivity index (χ0n) is 17.9. The van der Waals surface area contributed by atoms with Gasteiger partial charge >= 0.3 is 5.97 Å². The van der Waals surface area contributed by atoms with Gasteiger partial charge in [-0.3, -0.25) is 9.20 Å². The minimum Gasteiger partial charge on any atom is -0.477 e. The summed E-state index contributed by atoms with van der Waals surface area (Å²) in [6.07, 6.45) is 6.82. The van der Waals surface area contributed by atoms with Crippen molar-refractivity contribution in [2.45, 2.75) is 57.4 Å². The molecule has 0 amide bonds. The third-order valence-electron chi connectivity index (χ3n) is 6.83. The maximum Gasteiger partial charge on any atom is 0.341 e. The minimum absolute atomic E-state index is 0.0585. The number of pyridine rings is 2. The van der Waals surface area contributed by atoms with Gasteiger partial charge in [-0.25, -0.2) is 9.18 Å². The highest BCUT2D eigenvalue weighted by atomic mass is 19.1. The summed E-state index contributed by atoms with van der Waals surface area (Å²) in [7, 11) is 0. The lowest BCUT2D eigenvalue weighted by Gasteiger charge is -2.25. The van der Waals surface area contributed by atoms with Crippen LogP contribution in [0.2, 0.25) is 0 Å². The molecule has 168 valence electrons. The molecule has 7 nitrogen and oxygen atoms in total. The number of nitrogens with two attached hydrogens (primary N) is 2. The number of halogens is 1. The topological polar surface area (TPSA) is 114 Å². The van der Waals surface area contributed by atoms with Gasteiger partial charge in [0.1, 0.15) is 5.56 Å². The van der Waals surface area contributed by atoms with Crippen LogP contribution < -0.4 is 21.9 Å². The first kappa shape index (κ1) is 21.8. The molecule has 2 aromatic heterocycles. The van der Waals surface area contributed by atoms with Crippen LogP contribution in [0.25, 0.3) is 5.52 Å². The molecule has 0 aromatic carbocycles. The van der Waals surface area contributed by atoms with Crippen LogP contribution in [0.3, 0.4) is 0 Å². The maximum absolute atomic E-state index is 15.3. The fourth-order valence-corrected chi connectivity index (χ4v) is 4.99. The van der Waals surface area contributed by atoms with Gasteiger partial charge < -0.3 is 21.5 Å². The van der Waals surface area contributed by atoms with E-state index in [1.54, 1.807) is 0 Å². The second-order valence-electron chi connectivity index (χ2n) is 9.01. The van der Waals surface area contributed by atoms with Gasteiger partial charge in [-0.1, -0.05) is 6.42 Å². The lowest BCUT2D eigenvalue weighted by Crippen LogP contribution is -2.33. The van der Waals surface area contributed by atoms with Crippen molar-refractivity contribution in [1.82, 2.24) is 4.40 Å². The Kier molecular flexibility index (Phi) is 6.03. The van der Waals surface area contributed by atoms with E-state index in [0.717, 1.165) is 50.3 Å². The van der Waals surface area contributed by atoms with Crippen molar-refractivity contribution in [2.75, 3.05) is 24.5 Å². The second-order valence-corrected chi connectivity index (χ2v) is 9.01. The Morgan fingerprint density at radius 3 is 2.71 bits per heavy atom. The van der Waals surface area contributed by atoms with Gasteiger partial charge in [0, 0.05) is 19.1 Å². The number of aromatic nitrogens is 1. The van der Waals surface area contributed by atoms with Crippen LogP contribution in [0.5, 0.6) is 0 Å². The summed E-state index contributed by atoms with van der Waals surface area (Å²) in [5, 5.41) is 9.44. The van der Waals surface area contributed by atoms with E-state index in [4.69, 9.17) is 11.5 Å². The van der Waals surface area contributed by atoms with Gasteiger partial charge in [0.05, 0.1) is 17.4 Å². The molecular formula is C23H31FN4O3. The van der Waals surface area contributed by atoms with Gasteiger partial charge in [0.25, 0.3) is 5.56 Å². The summed E-state index contributed by atoms with van der Waals surface area (Å²) >= 11 is 0. The molecule has 3 heterocycles. The molecule has 1 aliphatic heterocycles. The number of hydrogen-bond acceptors (Lipinski definition) is 5. The number of fused-ring (bicyclic) bond motifs is 1. The van der Waals surface area contributed by atoms with Crippen LogP contribution in [0, 0.1) is 18.7 Å². The number of carbonyl (C=O) groups is 1. The van der Waals surface area contributed by atoms with Crippen LogP contribution in [0.4, 0.5) is 10.1 Å². The van der Waals surface area contributed by atoms with Crippen molar-refractivity contribution >= 4 is 17.2 Å². The normalized spacial score (nSPS) is 19.9. The number of carboxylic acid groups (broad SMARTS) is 1. The fourth-order valence-electron chi connectivity index (χ4n) is 4.99. The van der Waals surface area contributed by atoms with Crippen molar-refractivity contribution in [3.8, 4) is 0 Å². The Morgan fingerprint density at radius 1 is 1.32 bits per heavy atom. The highest BCUT2D eigenvalue weighted by Gasteiger charge is 2.33. The first-order valence-corrected chi connectivity index (χ1v) is 11.2. The number of hydrogen-bond donors (Lipinski definition) is 3. The Morgan fingerprint density at radius 2 is 2.06 bits per heavy atom. The van der Waals surface area contributed by atoms with E-state index in [1.165, 1.54) is 10.5 Å². The molecule has 31 heavy (non-hydrogen) atoms. The van der Waals surface area contributed by atoms with Crippen LogP contribution in [0.1, 0.15) is 65.9 Å². The van der Waals surface area contributed by atoms with Gasteiger partial charge in [-0.05, 0) is 74.6 Å². The quantitative estimate of drug-likeness (QED) is 0.555. The van der Waals surface area contributed by atoms with Crippen molar-refractivity contribution in [3.05, 3.63) is 45.1 Å². The summed E-state index contributed by atoms with van der Waals surface area (Å²) in [6, 6.07) is 1.55. The summed E-state index contributed by atoms with van der Waals surface area (Å²) in [5.74, 6) is -1.29. The Balaban J connectivity index is 1.72. The number of anilines is 1. The standard InChI is InChI=1S/C23H31FN4O3/c1-13-20-16(14-5-6-14)10-17(23(30)31)22(29)28(20)12-18(24)21(13)27-9-7-15(11-27)19(26)4-2-3-8-25/h10,12,14-15,19H,2-9,11,25-26H2,1H3,(H,30,31)/t15?,19-/m0/s1. The minimum atomic E-state index is -1.28. The zero-order chi connectivity index (χ0) is 22.3. The summed E-state index contributed by atoms with van der Waals surface area (Å²) in [4.78, 5) is 26.3. The van der Waals surface area contributed by atoms with E-state index in [-0.39, 0.29) is 23.4 Å². The molecule has 1 aliphatic carbocycles. The van der Waals surface area contributed by atoms with Crippen LogP contribution in [-0.4, -0.2) is 41.2 Å². The maximum atomic E-state index is 15.3. The molecule has 8 heteroatoms. The summed E-state index contributed by atoms with van der Waals surface area (Å²) in [6.45, 7) is 3.87. The largest absolute Gasteiger partial charge is 0.477 e. The van der Waals surface area contributed by atoms with Crippen molar-refractivity contribution < 1.29 is 14.3 Å². The number of nitrogens with zero attached hydrogens (tertiary/aromatic N) is 2. The highest BCUT2D eigenvalue weighted by Crippen LogP contribution is 2.44. The SMILES string of the molecule is Cc1c(N2CCC([C@@H](N)CCCCN)C2)c(F)cn2c(=O)c(C(=O)O)cc(C3CC3)c12. The van der Waals surface area contributed by atoms with Crippen molar-refractivity contribution in [1.29, 1.82) is 0 Å². The van der Waals surface area contributed by atoms with Gasteiger partial charge in [-0.15, -0.1) is 0 Å². The number of unbranched alkanes of at least 4 members (excludes halogenated alkanes) is 1. The number of aromatic carboxylic acids is 1. The molecule has 2 fully saturated rings. The molecule has 5 N–H and O–H groups in total. The molecule has 0 radical (unpaired) electrons. The molecule has 4 rings (SSSR count). The Hall–Kier alpha value is -2.45. The predicted octanol–water partition coefficient (Wildman–Crippen LogP) is 2.61. The Labute approximate surface area is 180 Å². The van der Waals surface area contributed by atoms with E-state index >= 15 is 4.39 Å². The molecule has 1 saturated heterocycles. The lowest BCUT2D eigenvalue weighted by molar-refractivity contribution is 0.0694. The molecule has 1 saturated carbocycles. The van der Waals surface area contributed by atoms with Gasteiger partial charge in [-0.2, -0.15) is 0 Å². The van der Waals surface area contributed by atoms with E-state index in [2.05, 4.69) is 0 Å². The van der Waals surface area contributed by atoms with Crippen LogP contribution in [-0.2, 0) is 0 Å². The fraction of sp³-hybridized carbons (Fsp3) is 0.565. The Bertz CT molecular complexity index is 1060. The van der Waals surface area contributed by atoms with Crippen LogP contribution in [0.15, 0.2) is 17.1 Å². The highest BCUT2D eigenvalue weighted by molar-refractivity contribution is 5.89. The summed E-state index contributed by atoms with van der Waals surface area (Å²) < 4.78 is 16.5. The molecular weight excluding hydrogens is 399 g/mol. The van der Waals surface area contributed by atoms with Crippen molar-refractivity contribution in [2.24, 2.45) is 17.4 Å². The monoisotopic (exact) mass is 430 g/mol. The van der Waals surface area contributed by atoms with Crippen molar-refractivity contribution in [3.63, 3.8) is 0 Å². The van der Waals surface area contributed by atoms with E-state index < -0.39 is 17.3 Å². The van der Waals surface area contributed by atoms with E-state index in [9.17, 15) is 14.7 Å². The smallest absolute Gasteiger partial charge is 0.341 e. The average molecular weight is 431 g/mol. The predicted molar refractivity (Wildman–Crippen MR) is 118 cm³/mol. The molecule has 2 atom stereocenters. The first-order chi connectivity index (χ1) is 14.8. The molecule has 2 aromatic rings. The third-order valence-corrected chi connectivity index (χ3v) is 6.83. The molecule has 0 bridgehead atoms. The second kappa shape index (κ2) is 8.59. The van der Waals surface area contributed by atoms with E-state index in [1.807, 2.05) is 11.8 Å². The first-order valence-electron chi connectivity index (χ1n) is 11.2. The lowest BCUT2D eigenvalue weighted by atomic mass is 9.95. The number of aryl methyl sites for hydroxylation is 1. The average Bonchev–Trinajstić information content (AvgIpc) is 3.46. The number of carboxylic acids is 1. The third kappa shape index (κ3) is 4.06. The van der Waals surface area contributed by atoms with Gasteiger partial charge in [0.2, 0.25) is 0 Å². The molecule has 0 spiro atoms. The summed E-state index contributed by atoms with van der Waals surface area (Å²) in [5.41, 5.74) is 13.6. The number of rotatable bonds is 8. The molecule has 2 aliphatic rings. The van der Waals surface area contributed by atoms with Crippen LogP contribution >= 0.6 is 0 Å².